The van der Waals surface area contributed by atoms with Crippen LogP contribution in [0.15, 0.2) is 5.16 Å². The van der Waals surface area contributed by atoms with Crippen LogP contribution in [0, 0.1) is 0 Å². The van der Waals surface area contributed by atoms with Crippen molar-refractivity contribution in [2.45, 2.75) is 69.5 Å². The number of nitrogens with zero attached hydrogens (tertiary/aromatic N) is 2. The van der Waals surface area contributed by atoms with E-state index in [4.69, 9.17) is 0 Å². The molecule has 2 rings (SSSR count). The summed E-state index contributed by atoms with van der Waals surface area (Å²) in [5.74, 6) is 1.97. The van der Waals surface area contributed by atoms with Crippen LogP contribution in [0.4, 0.5) is 0 Å². The fourth-order valence-corrected chi connectivity index (χ4v) is 3.27. The number of carbonyl (C=O) groups is 1. The summed E-state index contributed by atoms with van der Waals surface area (Å²) in [6, 6.07) is 0.245. The summed E-state index contributed by atoms with van der Waals surface area (Å²) in [5, 5.41) is 10.9. The lowest BCUT2D eigenvalue weighted by atomic mass is 10.1. The highest BCUT2D eigenvalue weighted by atomic mass is 32.2. The van der Waals surface area contributed by atoms with Crippen molar-refractivity contribution >= 4 is 17.7 Å². The van der Waals surface area contributed by atoms with Gasteiger partial charge in [0, 0.05) is 12.0 Å². The molecule has 6 heteroatoms. The minimum atomic E-state index is 0.0585. The second-order valence-corrected chi connectivity index (χ2v) is 6.47. The predicted molar refractivity (Wildman–Crippen MR) is 80.8 cm³/mol. The zero-order valence-electron chi connectivity index (χ0n) is 12.3. The molecule has 1 heterocycles. The number of carbonyl (C=O) groups excluding carboxylic acids is 1. The van der Waals surface area contributed by atoms with E-state index in [0.717, 1.165) is 18.7 Å². The van der Waals surface area contributed by atoms with E-state index in [1.807, 2.05) is 6.92 Å². The Morgan fingerprint density at radius 3 is 2.95 bits per heavy atom. The van der Waals surface area contributed by atoms with E-state index in [9.17, 15) is 4.79 Å². The van der Waals surface area contributed by atoms with Crippen LogP contribution < -0.4 is 5.32 Å². The Labute approximate surface area is 124 Å². The summed E-state index contributed by atoms with van der Waals surface area (Å²) >= 11 is 1.40. The molecule has 0 spiro atoms. The Kier molecular flexibility index (Phi) is 5.88. The summed E-state index contributed by atoms with van der Waals surface area (Å²) in [7, 11) is 0. The number of hydrogen-bond acceptors (Lipinski definition) is 4. The van der Waals surface area contributed by atoms with Crippen LogP contribution in [0.5, 0.6) is 0 Å². The number of hydrogen-bond donors (Lipinski definition) is 2. The Bertz CT molecular complexity index is 429. The molecular formula is C14H24N4OS. The van der Waals surface area contributed by atoms with Crippen LogP contribution in [0.2, 0.25) is 0 Å². The van der Waals surface area contributed by atoms with E-state index in [1.54, 1.807) is 0 Å². The van der Waals surface area contributed by atoms with E-state index >= 15 is 0 Å². The van der Waals surface area contributed by atoms with Crippen LogP contribution in [0.3, 0.4) is 0 Å². The summed E-state index contributed by atoms with van der Waals surface area (Å²) in [4.78, 5) is 16.3. The molecule has 0 aliphatic heterocycles. The fraction of sp³-hybridized carbons (Fsp3) is 0.786. The molecule has 1 aromatic rings. The number of H-pyrrole nitrogens is 1. The van der Waals surface area contributed by atoms with E-state index in [2.05, 4.69) is 27.4 Å². The van der Waals surface area contributed by atoms with Gasteiger partial charge in [0.2, 0.25) is 11.1 Å². The molecule has 1 unspecified atom stereocenters. The van der Waals surface area contributed by atoms with Gasteiger partial charge >= 0.3 is 0 Å². The Morgan fingerprint density at radius 1 is 1.50 bits per heavy atom. The van der Waals surface area contributed by atoms with Crippen molar-refractivity contribution in [1.82, 2.24) is 20.5 Å². The molecule has 1 atom stereocenters. The second-order valence-electron chi connectivity index (χ2n) is 5.53. The van der Waals surface area contributed by atoms with Crippen molar-refractivity contribution in [3.05, 3.63) is 5.82 Å². The molecule has 1 fully saturated rings. The minimum Gasteiger partial charge on any atom is -0.353 e. The lowest BCUT2D eigenvalue weighted by Gasteiger charge is -2.11. The average molecular weight is 296 g/mol. The molecule has 0 bridgehead atoms. The van der Waals surface area contributed by atoms with Crippen LogP contribution in [0.1, 0.15) is 64.1 Å². The molecule has 0 saturated heterocycles. The molecule has 0 aromatic carbocycles. The Morgan fingerprint density at radius 2 is 2.25 bits per heavy atom. The molecule has 2 N–H and O–H groups in total. The van der Waals surface area contributed by atoms with Gasteiger partial charge in [-0.05, 0) is 26.2 Å². The summed E-state index contributed by atoms with van der Waals surface area (Å²) < 4.78 is 0. The van der Waals surface area contributed by atoms with E-state index in [0.29, 0.717) is 16.8 Å². The molecular weight excluding hydrogens is 272 g/mol. The zero-order valence-corrected chi connectivity index (χ0v) is 13.1. The minimum absolute atomic E-state index is 0.0585. The topological polar surface area (TPSA) is 70.7 Å². The number of amides is 1. The molecule has 1 aromatic heterocycles. The van der Waals surface area contributed by atoms with Crippen LogP contribution in [-0.2, 0) is 4.79 Å². The maximum atomic E-state index is 11.8. The predicted octanol–water partition coefficient (Wildman–Crippen LogP) is 2.86. The third kappa shape index (κ3) is 4.51. The first kappa shape index (κ1) is 15.4. The smallest absolute Gasteiger partial charge is 0.230 e. The third-order valence-corrected chi connectivity index (χ3v) is 4.53. The number of thioether (sulfide) groups is 1. The molecule has 0 radical (unpaired) electrons. The van der Waals surface area contributed by atoms with E-state index < -0.39 is 0 Å². The molecule has 1 saturated carbocycles. The normalized spacial score (nSPS) is 17.3. The van der Waals surface area contributed by atoms with Gasteiger partial charge in [-0.1, -0.05) is 37.9 Å². The monoisotopic (exact) mass is 296 g/mol. The van der Waals surface area contributed by atoms with Crippen molar-refractivity contribution in [3.8, 4) is 0 Å². The van der Waals surface area contributed by atoms with Crippen molar-refractivity contribution in [2.75, 3.05) is 5.75 Å². The maximum Gasteiger partial charge on any atom is 0.230 e. The SMILES string of the molecule is CCCC(C)NC(=O)CSc1n[nH]c(C2CCCC2)n1. The first-order chi connectivity index (χ1) is 9.69. The van der Waals surface area contributed by atoms with Crippen LogP contribution >= 0.6 is 11.8 Å². The molecule has 5 nitrogen and oxygen atoms in total. The van der Waals surface area contributed by atoms with Gasteiger partial charge in [-0.25, -0.2) is 4.98 Å². The first-order valence-corrected chi connectivity index (χ1v) is 8.52. The van der Waals surface area contributed by atoms with Gasteiger partial charge in [0.05, 0.1) is 5.75 Å². The molecule has 1 aliphatic rings. The average Bonchev–Trinajstić information content (AvgIpc) is 3.07. The fourth-order valence-electron chi connectivity index (χ4n) is 2.66. The highest BCUT2D eigenvalue weighted by Crippen LogP contribution is 2.32. The molecule has 1 aliphatic carbocycles. The standard InChI is InChI=1S/C14H24N4OS/c1-3-6-10(2)15-12(19)9-20-14-16-13(17-18-14)11-7-4-5-8-11/h10-11H,3-9H2,1-2H3,(H,15,19)(H,16,17,18). The van der Waals surface area contributed by atoms with Gasteiger partial charge in [0.1, 0.15) is 5.82 Å². The van der Waals surface area contributed by atoms with Crippen LogP contribution in [0.25, 0.3) is 0 Å². The zero-order chi connectivity index (χ0) is 14.4. The summed E-state index contributed by atoms with van der Waals surface area (Å²) in [5.41, 5.74) is 0. The quantitative estimate of drug-likeness (QED) is 0.759. The molecule has 112 valence electrons. The largest absolute Gasteiger partial charge is 0.353 e. The number of aromatic nitrogens is 3. The van der Waals surface area contributed by atoms with E-state index in [1.165, 1.54) is 37.4 Å². The van der Waals surface area contributed by atoms with Gasteiger partial charge in [-0.3, -0.25) is 9.89 Å². The van der Waals surface area contributed by atoms with Gasteiger partial charge in [0.25, 0.3) is 0 Å². The van der Waals surface area contributed by atoms with Gasteiger partial charge in [-0.2, -0.15) is 0 Å². The lowest BCUT2D eigenvalue weighted by Crippen LogP contribution is -2.33. The number of aromatic amines is 1. The van der Waals surface area contributed by atoms with Gasteiger partial charge in [0.15, 0.2) is 0 Å². The maximum absolute atomic E-state index is 11.8. The Hall–Kier alpha value is -1.04. The second kappa shape index (κ2) is 7.67. The number of rotatable bonds is 7. The van der Waals surface area contributed by atoms with E-state index in [-0.39, 0.29) is 11.9 Å². The summed E-state index contributed by atoms with van der Waals surface area (Å²) in [6.07, 6.45) is 7.07. The highest BCUT2D eigenvalue weighted by molar-refractivity contribution is 7.99. The Balaban J connectivity index is 1.75. The number of nitrogens with one attached hydrogen (secondary N) is 2. The lowest BCUT2D eigenvalue weighted by molar-refractivity contribution is -0.119. The highest BCUT2D eigenvalue weighted by Gasteiger charge is 2.20. The van der Waals surface area contributed by atoms with Crippen molar-refractivity contribution in [3.63, 3.8) is 0 Å². The van der Waals surface area contributed by atoms with Crippen molar-refractivity contribution < 1.29 is 4.79 Å². The van der Waals surface area contributed by atoms with Gasteiger partial charge < -0.3 is 5.32 Å². The third-order valence-electron chi connectivity index (χ3n) is 3.69. The van der Waals surface area contributed by atoms with Crippen molar-refractivity contribution in [1.29, 1.82) is 0 Å². The summed E-state index contributed by atoms with van der Waals surface area (Å²) in [6.45, 7) is 4.16. The first-order valence-electron chi connectivity index (χ1n) is 7.53. The van der Waals surface area contributed by atoms with Crippen molar-refractivity contribution in [2.24, 2.45) is 0 Å². The van der Waals surface area contributed by atoms with Gasteiger partial charge in [-0.15, -0.1) is 5.10 Å². The van der Waals surface area contributed by atoms with Crippen LogP contribution in [-0.4, -0.2) is 32.9 Å². The molecule has 20 heavy (non-hydrogen) atoms. The molecule has 1 amide bonds.